The van der Waals surface area contributed by atoms with Gasteiger partial charge in [0.2, 0.25) is 0 Å². The normalized spacial score (nSPS) is 22.8. The van der Waals surface area contributed by atoms with Gasteiger partial charge in [-0.25, -0.2) is 4.98 Å². The summed E-state index contributed by atoms with van der Waals surface area (Å²) in [7, 11) is 1.62. The zero-order valence-electron chi connectivity index (χ0n) is 13.1. The Kier molecular flexibility index (Phi) is 4.09. The highest BCUT2D eigenvalue weighted by molar-refractivity contribution is 5.85. The number of carbonyl (C=O) groups is 1. The van der Waals surface area contributed by atoms with Gasteiger partial charge in [0.15, 0.2) is 0 Å². The Morgan fingerprint density at radius 3 is 2.83 bits per heavy atom. The van der Waals surface area contributed by atoms with Crippen molar-refractivity contribution in [1.82, 2.24) is 9.55 Å². The number of carboxylic acid groups (broad SMARTS) is 1. The van der Waals surface area contributed by atoms with E-state index in [1.165, 1.54) is 0 Å². The van der Waals surface area contributed by atoms with Crippen molar-refractivity contribution in [3.8, 4) is 11.4 Å². The molecule has 1 aliphatic carbocycles. The molecule has 2 aromatic rings. The maximum atomic E-state index is 11.8. The lowest BCUT2D eigenvalue weighted by Gasteiger charge is -2.09. The number of nitrogens with two attached hydrogens (primary N) is 1. The molecule has 0 unspecified atom stereocenters. The molecule has 3 rings (SSSR count). The quantitative estimate of drug-likeness (QED) is 0.815. The second-order valence-corrected chi connectivity index (χ2v) is 5.97. The van der Waals surface area contributed by atoms with Crippen LogP contribution in [0, 0.1) is 5.92 Å². The van der Waals surface area contributed by atoms with E-state index in [-0.39, 0.29) is 5.92 Å². The van der Waals surface area contributed by atoms with Gasteiger partial charge in [0.25, 0.3) is 0 Å². The fourth-order valence-electron chi connectivity index (χ4n) is 3.18. The maximum absolute atomic E-state index is 11.8. The molecule has 122 valence electrons. The summed E-state index contributed by atoms with van der Waals surface area (Å²) in [6.45, 7) is 0.590. The van der Waals surface area contributed by atoms with Crippen LogP contribution in [0.15, 0.2) is 36.8 Å². The lowest BCUT2D eigenvalue weighted by molar-refractivity contribution is -0.140. The molecule has 6 heteroatoms. The van der Waals surface area contributed by atoms with E-state index in [0.29, 0.717) is 18.7 Å². The van der Waals surface area contributed by atoms with Crippen LogP contribution in [0.5, 0.6) is 5.75 Å². The van der Waals surface area contributed by atoms with Crippen LogP contribution >= 0.6 is 0 Å². The molecule has 1 aromatic heterocycles. The molecule has 2 atom stereocenters. The number of rotatable bonds is 7. The van der Waals surface area contributed by atoms with Crippen molar-refractivity contribution in [1.29, 1.82) is 0 Å². The number of ether oxygens (including phenoxy) is 1. The van der Waals surface area contributed by atoms with Gasteiger partial charge in [-0.3, -0.25) is 4.79 Å². The zero-order valence-corrected chi connectivity index (χ0v) is 13.1. The fourth-order valence-corrected chi connectivity index (χ4v) is 3.18. The van der Waals surface area contributed by atoms with Gasteiger partial charge < -0.3 is 20.1 Å². The number of imidazole rings is 1. The van der Waals surface area contributed by atoms with E-state index < -0.39 is 11.4 Å². The van der Waals surface area contributed by atoms with Crippen molar-refractivity contribution in [3.63, 3.8) is 0 Å². The summed E-state index contributed by atoms with van der Waals surface area (Å²) in [5.41, 5.74) is 6.24. The van der Waals surface area contributed by atoms with Crippen LogP contribution in [-0.2, 0) is 10.2 Å². The van der Waals surface area contributed by atoms with Gasteiger partial charge in [-0.05, 0) is 56.0 Å². The number of aliphatic carboxylic acids is 1. The second kappa shape index (κ2) is 6.04. The monoisotopic (exact) mass is 315 g/mol. The Labute approximate surface area is 134 Å². The predicted molar refractivity (Wildman–Crippen MR) is 85.8 cm³/mol. The van der Waals surface area contributed by atoms with E-state index in [1.807, 2.05) is 35.0 Å². The predicted octanol–water partition coefficient (Wildman–Crippen LogP) is 1.96. The van der Waals surface area contributed by atoms with Gasteiger partial charge in [0, 0.05) is 11.9 Å². The maximum Gasteiger partial charge on any atom is 0.316 e. The van der Waals surface area contributed by atoms with E-state index in [1.54, 1.807) is 13.4 Å². The van der Waals surface area contributed by atoms with Crippen molar-refractivity contribution in [2.24, 2.45) is 11.7 Å². The summed E-state index contributed by atoms with van der Waals surface area (Å²) in [6.07, 6.45) is 5.80. The summed E-state index contributed by atoms with van der Waals surface area (Å²) in [4.78, 5) is 16.2. The van der Waals surface area contributed by atoms with Crippen LogP contribution in [0.1, 0.15) is 25.0 Å². The number of benzene rings is 1. The topological polar surface area (TPSA) is 90.4 Å². The molecule has 1 fully saturated rings. The minimum atomic E-state index is -0.840. The fraction of sp³-hybridized carbons (Fsp3) is 0.412. The molecular formula is C17H21N3O3. The first kappa shape index (κ1) is 15.6. The van der Waals surface area contributed by atoms with Crippen molar-refractivity contribution in [3.05, 3.63) is 42.5 Å². The largest absolute Gasteiger partial charge is 0.497 e. The first-order valence-electron chi connectivity index (χ1n) is 7.74. The van der Waals surface area contributed by atoms with E-state index in [0.717, 1.165) is 24.3 Å². The third-order valence-electron chi connectivity index (χ3n) is 4.65. The highest BCUT2D eigenvalue weighted by atomic mass is 16.5. The van der Waals surface area contributed by atoms with Gasteiger partial charge in [0.05, 0.1) is 19.1 Å². The first-order chi connectivity index (χ1) is 11.1. The van der Waals surface area contributed by atoms with E-state index >= 15 is 0 Å². The van der Waals surface area contributed by atoms with Crippen LogP contribution in [0.2, 0.25) is 0 Å². The van der Waals surface area contributed by atoms with Crippen LogP contribution in [0.25, 0.3) is 5.69 Å². The minimum absolute atomic E-state index is 0.128. The number of methoxy groups -OCH3 is 1. The average Bonchev–Trinajstić information content (AvgIpc) is 3.10. The SMILES string of the molecule is COc1ccc(-n2cnc([C@@]3(C(=O)O)C[C@@H]3CCCN)c2)cc1. The van der Waals surface area contributed by atoms with Crippen molar-refractivity contribution in [2.45, 2.75) is 24.7 Å². The Morgan fingerprint density at radius 1 is 1.48 bits per heavy atom. The first-order valence-corrected chi connectivity index (χ1v) is 7.74. The van der Waals surface area contributed by atoms with Crippen LogP contribution in [0.4, 0.5) is 0 Å². The molecule has 0 spiro atoms. The highest BCUT2D eigenvalue weighted by Crippen LogP contribution is 2.56. The summed E-state index contributed by atoms with van der Waals surface area (Å²) in [5.74, 6) is 0.113. The summed E-state index contributed by atoms with van der Waals surface area (Å²) in [6, 6.07) is 7.55. The van der Waals surface area contributed by atoms with Gasteiger partial charge in [-0.1, -0.05) is 0 Å². The number of hydrogen-bond acceptors (Lipinski definition) is 4. The van der Waals surface area contributed by atoms with Crippen LogP contribution in [-0.4, -0.2) is 34.3 Å². The Hall–Kier alpha value is -2.34. The molecule has 0 amide bonds. The zero-order chi connectivity index (χ0) is 16.4. The minimum Gasteiger partial charge on any atom is -0.497 e. The summed E-state index contributed by atoms with van der Waals surface area (Å²) in [5, 5.41) is 9.68. The molecular weight excluding hydrogens is 294 g/mol. The van der Waals surface area contributed by atoms with Crippen LogP contribution < -0.4 is 10.5 Å². The molecule has 0 bridgehead atoms. The molecule has 3 N–H and O–H groups in total. The summed E-state index contributed by atoms with van der Waals surface area (Å²) < 4.78 is 6.99. The number of nitrogens with zero attached hydrogens (tertiary/aromatic N) is 2. The molecule has 1 heterocycles. The van der Waals surface area contributed by atoms with Gasteiger partial charge in [-0.15, -0.1) is 0 Å². The van der Waals surface area contributed by atoms with Gasteiger partial charge in [0.1, 0.15) is 11.2 Å². The molecule has 1 aromatic carbocycles. The van der Waals surface area contributed by atoms with Crippen molar-refractivity contribution in [2.75, 3.05) is 13.7 Å². The Bertz CT molecular complexity index is 695. The Morgan fingerprint density at radius 2 is 2.22 bits per heavy atom. The molecule has 1 saturated carbocycles. The molecule has 23 heavy (non-hydrogen) atoms. The standard InChI is InChI=1S/C17H21N3O3/c1-23-14-6-4-13(5-7-14)20-10-15(19-11-20)17(16(21)22)9-12(17)3-2-8-18/h4-7,10-12H,2-3,8-9,18H2,1H3,(H,21,22)/t12-,17+/m0/s1. The van der Waals surface area contributed by atoms with Gasteiger partial charge in [-0.2, -0.15) is 0 Å². The molecule has 0 aliphatic heterocycles. The Balaban J connectivity index is 1.84. The molecule has 0 saturated heterocycles. The smallest absolute Gasteiger partial charge is 0.316 e. The third-order valence-corrected chi connectivity index (χ3v) is 4.65. The lowest BCUT2D eigenvalue weighted by Crippen LogP contribution is -2.23. The van der Waals surface area contributed by atoms with E-state index in [2.05, 4.69) is 4.98 Å². The van der Waals surface area contributed by atoms with E-state index in [4.69, 9.17) is 10.5 Å². The lowest BCUT2D eigenvalue weighted by atomic mass is 9.98. The molecule has 0 radical (unpaired) electrons. The average molecular weight is 315 g/mol. The third kappa shape index (κ3) is 2.70. The van der Waals surface area contributed by atoms with E-state index in [9.17, 15) is 9.90 Å². The molecule has 1 aliphatic rings. The van der Waals surface area contributed by atoms with Crippen molar-refractivity contribution < 1.29 is 14.6 Å². The van der Waals surface area contributed by atoms with Crippen molar-refractivity contribution >= 4 is 5.97 Å². The number of aromatic nitrogens is 2. The number of hydrogen-bond donors (Lipinski definition) is 2. The highest BCUT2D eigenvalue weighted by Gasteiger charge is 2.62. The van der Waals surface area contributed by atoms with Gasteiger partial charge >= 0.3 is 5.97 Å². The van der Waals surface area contributed by atoms with Crippen LogP contribution in [0.3, 0.4) is 0 Å². The number of carboxylic acids is 1. The second-order valence-electron chi connectivity index (χ2n) is 5.97. The summed E-state index contributed by atoms with van der Waals surface area (Å²) >= 11 is 0. The molecule has 6 nitrogen and oxygen atoms in total.